The normalized spacial score (nSPS) is 18.7. The predicted octanol–water partition coefficient (Wildman–Crippen LogP) is 2.44. The molecule has 158 valence electrons. The molecule has 30 heavy (non-hydrogen) atoms. The molecule has 2 heterocycles. The van der Waals surface area contributed by atoms with E-state index in [1.807, 2.05) is 30.3 Å². The molecule has 0 atom stereocenters. The van der Waals surface area contributed by atoms with E-state index in [1.165, 1.54) is 0 Å². The highest BCUT2D eigenvalue weighted by atomic mass is 32.2. The molecule has 0 aromatic heterocycles. The van der Waals surface area contributed by atoms with Crippen LogP contribution in [0.15, 0.2) is 42.5 Å². The fourth-order valence-corrected chi connectivity index (χ4v) is 5.11. The lowest BCUT2D eigenvalue weighted by Gasteiger charge is -2.26. The van der Waals surface area contributed by atoms with Crippen molar-refractivity contribution in [3.8, 4) is 0 Å². The summed E-state index contributed by atoms with van der Waals surface area (Å²) in [6.07, 6.45) is 2.08. The number of carbonyl (C=O) groups excluding carboxylic acids is 2. The monoisotopic (exact) mass is 427 g/mol. The van der Waals surface area contributed by atoms with Gasteiger partial charge in [-0.2, -0.15) is 0 Å². The van der Waals surface area contributed by atoms with E-state index >= 15 is 0 Å². The zero-order valence-electron chi connectivity index (χ0n) is 16.7. The van der Waals surface area contributed by atoms with Crippen LogP contribution in [0.25, 0.3) is 0 Å². The molecule has 2 N–H and O–H groups in total. The number of aryl methyl sites for hydroxylation is 1. The quantitative estimate of drug-likeness (QED) is 0.781. The average Bonchev–Trinajstić information content (AvgIpc) is 2.90. The summed E-state index contributed by atoms with van der Waals surface area (Å²) < 4.78 is 23.2. The first-order chi connectivity index (χ1) is 14.4. The van der Waals surface area contributed by atoms with Crippen molar-refractivity contribution in [3.05, 3.63) is 59.2 Å². The van der Waals surface area contributed by atoms with Gasteiger partial charge in [0.1, 0.15) is 0 Å². The van der Waals surface area contributed by atoms with Crippen LogP contribution < -0.4 is 10.6 Å². The van der Waals surface area contributed by atoms with Gasteiger partial charge in [0.05, 0.1) is 11.5 Å². The summed E-state index contributed by atoms with van der Waals surface area (Å²) in [5, 5.41) is 5.83. The summed E-state index contributed by atoms with van der Waals surface area (Å²) in [5.74, 6) is 0.196. The van der Waals surface area contributed by atoms with Crippen LogP contribution in [0.3, 0.4) is 0 Å². The number of benzene rings is 2. The molecule has 0 saturated carbocycles. The molecule has 1 saturated heterocycles. The Morgan fingerprint density at radius 1 is 1.07 bits per heavy atom. The minimum absolute atomic E-state index is 0.0219. The van der Waals surface area contributed by atoms with Crippen molar-refractivity contribution in [2.45, 2.75) is 25.8 Å². The number of sulfone groups is 1. The third kappa shape index (κ3) is 5.06. The Labute approximate surface area is 176 Å². The van der Waals surface area contributed by atoms with Crippen LogP contribution in [0.5, 0.6) is 0 Å². The fraction of sp³-hybridized carbons (Fsp3) is 0.364. The molecular weight excluding hydrogens is 402 g/mol. The Bertz CT molecular complexity index is 1070. The molecule has 2 aromatic carbocycles. The lowest BCUT2D eigenvalue weighted by Crippen LogP contribution is -2.39. The fourth-order valence-electron chi connectivity index (χ4n) is 3.83. The summed E-state index contributed by atoms with van der Waals surface area (Å²) in [7, 11) is -2.91. The van der Waals surface area contributed by atoms with Crippen molar-refractivity contribution >= 4 is 33.0 Å². The molecule has 0 radical (unpaired) electrons. The second-order valence-electron chi connectivity index (χ2n) is 7.86. The van der Waals surface area contributed by atoms with Gasteiger partial charge in [0.25, 0.3) is 5.91 Å². The number of hydrogen-bond donors (Lipinski definition) is 2. The Balaban J connectivity index is 1.42. The Kier molecular flexibility index (Phi) is 5.87. The second-order valence-corrected chi connectivity index (χ2v) is 10.2. The van der Waals surface area contributed by atoms with Gasteiger partial charge in [-0.05, 0) is 54.3 Å². The number of nitrogens with zero attached hydrogens (tertiary/aromatic N) is 1. The van der Waals surface area contributed by atoms with Crippen molar-refractivity contribution in [2.24, 2.45) is 0 Å². The lowest BCUT2D eigenvalue weighted by atomic mass is 10.1. The summed E-state index contributed by atoms with van der Waals surface area (Å²) in [6, 6.07) is 12.9. The molecule has 2 aliphatic rings. The van der Waals surface area contributed by atoms with Gasteiger partial charge in [-0.25, -0.2) is 8.42 Å². The van der Waals surface area contributed by atoms with Gasteiger partial charge < -0.3 is 10.6 Å². The van der Waals surface area contributed by atoms with Crippen LogP contribution in [0.4, 0.5) is 11.4 Å². The van der Waals surface area contributed by atoms with E-state index in [2.05, 4.69) is 15.5 Å². The second kappa shape index (κ2) is 8.57. The van der Waals surface area contributed by atoms with Gasteiger partial charge in [-0.1, -0.05) is 12.1 Å². The molecule has 0 bridgehead atoms. The molecule has 0 spiro atoms. The van der Waals surface area contributed by atoms with Crippen LogP contribution in [0, 0.1) is 0 Å². The number of amides is 2. The molecule has 4 rings (SSSR count). The van der Waals surface area contributed by atoms with Crippen molar-refractivity contribution in [1.29, 1.82) is 0 Å². The predicted molar refractivity (Wildman–Crippen MR) is 116 cm³/mol. The van der Waals surface area contributed by atoms with E-state index in [0.717, 1.165) is 29.7 Å². The van der Waals surface area contributed by atoms with Crippen molar-refractivity contribution < 1.29 is 18.0 Å². The zero-order valence-corrected chi connectivity index (χ0v) is 17.5. The van der Waals surface area contributed by atoms with Gasteiger partial charge in [0.15, 0.2) is 9.84 Å². The summed E-state index contributed by atoms with van der Waals surface area (Å²) >= 11 is 0. The first kappa shape index (κ1) is 20.6. The van der Waals surface area contributed by atoms with Crippen LogP contribution in [-0.4, -0.2) is 49.7 Å². The highest BCUT2D eigenvalue weighted by Crippen LogP contribution is 2.25. The third-order valence-electron chi connectivity index (χ3n) is 5.52. The standard InChI is InChI=1S/C22H25N3O4S/c26-21-6-2-4-17-14-19(7-8-20(17)24-21)23-22(27)18-5-1-3-16(13-18)15-25-9-11-30(28,29)12-10-25/h1,3,5,7-8,13-14H,2,4,6,9-12,15H2,(H,23,27)(H,24,26). The van der Waals surface area contributed by atoms with E-state index in [0.29, 0.717) is 37.3 Å². The third-order valence-corrected chi connectivity index (χ3v) is 7.13. The molecule has 1 fully saturated rings. The number of fused-ring (bicyclic) bond motifs is 1. The van der Waals surface area contributed by atoms with E-state index in [-0.39, 0.29) is 23.3 Å². The largest absolute Gasteiger partial charge is 0.326 e. The summed E-state index contributed by atoms with van der Waals surface area (Å²) in [6.45, 7) is 1.66. The van der Waals surface area contributed by atoms with E-state index < -0.39 is 9.84 Å². The first-order valence-corrected chi connectivity index (χ1v) is 12.0. The number of anilines is 2. The van der Waals surface area contributed by atoms with Crippen LogP contribution in [-0.2, 0) is 27.6 Å². The van der Waals surface area contributed by atoms with Gasteiger partial charge in [-0.3, -0.25) is 14.5 Å². The SMILES string of the molecule is O=C1CCCc2cc(NC(=O)c3cccc(CN4CCS(=O)(=O)CC4)c3)ccc2N1. The number of carbonyl (C=O) groups is 2. The van der Waals surface area contributed by atoms with Crippen molar-refractivity contribution in [2.75, 3.05) is 35.2 Å². The minimum Gasteiger partial charge on any atom is -0.326 e. The molecular formula is C22H25N3O4S. The lowest BCUT2D eigenvalue weighted by molar-refractivity contribution is -0.116. The molecule has 2 aromatic rings. The molecule has 7 nitrogen and oxygen atoms in total. The van der Waals surface area contributed by atoms with Gasteiger partial charge in [0.2, 0.25) is 5.91 Å². The highest BCUT2D eigenvalue weighted by Gasteiger charge is 2.21. The van der Waals surface area contributed by atoms with Gasteiger partial charge in [0, 0.05) is 43.0 Å². The smallest absolute Gasteiger partial charge is 0.255 e. The molecule has 0 aliphatic carbocycles. The number of nitrogens with one attached hydrogen (secondary N) is 2. The van der Waals surface area contributed by atoms with Crippen LogP contribution in [0.1, 0.15) is 34.3 Å². The molecule has 2 amide bonds. The summed E-state index contributed by atoms with van der Waals surface area (Å²) in [5.41, 5.74) is 4.06. The van der Waals surface area contributed by atoms with E-state index in [1.54, 1.807) is 12.1 Å². The van der Waals surface area contributed by atoms with Gasteiger partial charge >= 0.3 is 0 Å². The topological polar surface area (TPSA) is 95.6 Å². The van der Waals surface area contributed by atoms with Crippen LogP contribution >= 0.6 is 0 Å². The maximum Gasteiger partial charge on any atom is 0.255 e. The van der Waals surface area contributed by atoms with E-state index in [9.17, 15) is 18.0 Å². The first-order valence-electron chi connectivity index (χ1n) is 10.1. The maximum absolute atomic E-state index is 12.8. The zero-order chi connectivity index (χ0) is 21.1. The molecule has 2 aliphatic heterocycles. The maximum atomic E-state index is 12.8. The van der Waals surface area contributed by atoms with Crippen molar-refractivity contribution in [3.63, 3.8) is 0 Å². The van der Waals surface area contributed by atoms with E-state index in [4.69, 9.17) is 0 Å². The Hall–Kier alpha value is -2.71. The van der Waals surface area contributed by atoms with Crippen molar-refractivity contribution in [1.82, 2.24) is 4.90 Å². The molecule has 0 unspecified atom stereocenters. The Morgan fingerprint density at radius 2 is 1.87 bits per heavy atom. The van der Waals surface area contributed by atoms with Crippen LogP contribution in [0.2, 0.25) is 0 Å². The number of hydrogen-bond acceptors (Lipinski definition) is 5. The number of rotatable bonds is 4. The highest BCUT2D eigenvalue weighted by molar-refractivity contribution is 7.91. The average molecular weight is 428 g/mol. The molecule has 8 heteroatoms. The minimum atomic E-state index is -2.91. The Morgan fingerprint density at radius 3 is 2.67 bits per heavy atom. The summed E-state index contributed by atoms with van der Waals surface area (Å²) in [4.78, 5) is 26.5. The van der Waals surface area contributed by atoms with Gasteiger partial charge in [-0.15, -0.1) is 0 Å².